The van der Waals surface area contributed by atoms with Crippen LogP contribution in [0.25, 0.3) is 0 Å². The number of hydrogen-bond acceptors (Lipinski definition) is 4. The first-order valence-corrected chi connectivity index (χ1v) is 4.73. The summed E-state index contributed by atoms with van der Waals surface area (Å²) >= 11 is 0. The van der Waals surface area contributed by atoms with Gasteiger partial charge in [0.05, 0.1) is 11.7 Å². The van der Waals surface area contributed by atoms with Gasteiger partial charge in [0.1, 0.15) is 0 Å². The molecule has 1 rings (SSSR count). The highest BCUT2D eigenvalue weighted by molar-refractivity contribution is 5.76. The Kier molecular flexibility index (Phi) is 4.20. The summed E-state index contributed by atoms with van der Waals surface area (Å²) in [6.45, 7) is 0. The molecule has 0 aliphatic rings. The Morgan fingerprint density at radius 1 is 1.60 bits per heavy atom. The van der Waals surface area contributed by atoms with E-state index in [1.54, 1.807) is 25.3 Å². The number of carbonyl (C=O) groups excluding carboxylic acids is 1. The highest BCUT2D eigenvalue weighted by Gasteiger charge is 2.12. The minimum absolute atomic E-state index is 0.113. The van der Waals surface area contributed by atoms with Gasteiger partial charge in [-0.3, -0.25) is 15.2 Å². The van der Waals surface area contributed by atoms with Crippen LogP contribution in [0.2, 0.25) is 0 Å². The number of pyridine rings is 1. The van der Waals surface area contributed by atoms with Gasteiger partial charge in [0.2, 0.25) is 5.91 Å². The predicted molar refractivity (Wildman–Crippen MR) is 57.6 cm³/mol. The van der Waals surface area contributed by atoms with Crippen LogP contribution in [0.15, 0.2) is 24.4 Å². The largest absolute Gasteiger partial charge is 0.322 e. The van der Waals surface area contributed by atoms with Gasteiger partial charge < -0.3 is 5.73 Å². The topological polar surface area (TPSA) is 71.2 Å². The number of hydrogen-bond donors (Lipinski definition) is 2. The van der Waals surface area contributed by atoms with Crippen molar-refractivity contribution in [2.45, 2.75) is 12.5 Å². The molecule has 0 saturated heterocycles. The summed E-state index contributed by atoms with van der Waals surface area (Å²) in [5, 5.41) is 1.59. The Balaban J connectivity index is 2.49. The fraction of sp³-hybridized carbons (Fsp3) is 0.400. The van der Waals surface area contributed by atoms with Crippen molar-refractivity contribution in [3.05, 3.63) is 30.1 Å². The lowest BCUT2D eigenvalue weighted by Gasteiger charge is -2.14. The second kappa shape index (κ2) is 5.43. The van der Waals surface area contributed by atoms with E-state index in [4.69, 9.17) is 5.73 Å². The molecule has 0 aliphatic heterocycles. The van der Waals surface area contributed by atoms with Crippen molar-refractivity contribution >= 4 is 5.91 Å². The number of carbonyl (C=O) groups is 1. The molecule has 1 aromatic rings. The van der Waals surface area contributed by atoms with Gasteiger partial charge in [-0.15, -0.1) is 0 Å². The molecule has 0 aromatic carbocycles. The number of nitrogens with zero attached hydrogens (tertiary/aromatic N) is 2. The fourth-order valence-electron chi connectivity index (χ4n) is 1.19. The second-order valence-electron chi connectivity index (χ2n) is 3.49. The third-order valence-corrected chi connectivity index (χ3v) is 1.82. The van der Waals surface area contributed by atoms with Gasteiger partial charge in [-0.05, 0) is 12.1 Å². The number of aromatic nitrogens is 1. The van der Waals surface area contributed by atoms with E-state index < -0.39 is 0 Å². The van der Waals surface area contributed by atoms with Crippen molar-refractivity contribution in [3.63, 3.8) is 0 Å². The number of rotatable bonds is 4. The van der Waals surface area contributed by atoms with Gasteiger partial charge in [-0.25, -0.2) is 5.01 Å². The Bertz CT molecular complexity index is 312. The van der Waals surface area contributed by atoms with Crippen molar-refractivity contribution in [1.82, 2.24) is 15.4 Å². The van der Waals surface area contributed by atoms with Gasteiger partial charge in [0.15, 0.2) is 0 Å². The summed E-state index contributed by atoms with van der Waals surface area (Å²) < 4.78 is 0. The van der Waals surface area contributed by atoms with Crippen LogP contribution in [0.1, 0.15) is 18.2 Å². The lowest BCUT2D eigenvalue weighted by atomic mass is 10.1. The van der Waals surface area contributed by atoms with Crippen LogP contribution in [-0.2, 0) is 4.79 Å². The van der Waals surface area contributed by atoms with Crippen LogP contribution < -0.4 is 11.2 Å². The maximum absolute atomic E-state index is 11.4. The molecule has 15 heavy (non-hydrogen) atoms. The quantitative estimate of drug-likeness (QED) is 0.687. The molecule has 0 saturated carbocycles. The minimum atomic E-state index is -0.355. The molecule has 1 heterocycles. The number of nitrogens with two attached hydrogens (primary N) is 1. The Hall–Kier alpha value is -1.46. The zero-order valence-corrected chi connectivity index (χ0v) is 8.97. The van der Waals surface area contributed by atoms with Crippen LogP contribution in [-0.4, -0.2) is 30.0 Å². The average molecular weight is 208 g/mol. The smallest absolute Gasteiger partial charge is 0.236 e. The van der Waals surface area contributed by atoms with E-state index in [1.165, 1.54) is 0 Å². The lowest BCUT2D eigenvalue weighted by Crippen LogP contribution is -2.37. The zero-order valence-electron chi connectivity index (χ0n) is 8.97. The van der Waals surface area contributed by atoms with Crippen molar-refractivity contribution in [2.75, 3.05) is 14.1 Å². The van der Waals surface area contributed by atoms with Crippen LogP contribution in [0.5, 0.6) is 0 Å². The first-order chi connectivity index (χ1) is 7.09. The number of nitrogens with one attached hydrogen (secondary N) is 1. The predicted octanol–water partition coefficient (Wildman–Crippen LogP) is 0.0643. The monoisotopic (exact) mass is 208 g/mol. The van der Waals surface area contributed by atoms with Crippen molar-refractivity contribution in [3.8, 4) is 0 Å². The molecular weight excluding hydrogens is 192 g/mol. The van der Waals surface area contributed by atoms with E-state index in [2.05, 4.69) is 10.4 Å². The van der Waals surface area contributed by atoms with Gasteiger partial charge in [-0.1, -0.05) is 6.07 Å². The molecule has 1 aromatic heterocycles. The fourth-order valence-corrected chi connectivity index (χ4v) is 1.19. The molecule has 5 nitrogen and oxygen atoms in total. The first-order valence-electron chi connectivity index (χ1n) is 4.73. The van der Waals surface area contributed by atoms with Gasteiger partial charge in [-0.2, -0.15) is 0 Å². The Labute approximate surface area is 89.3 Å². The molecule has 5 heteroatoms. The maximum atomic E-state index is 11.4. The standard InChI is InChI=1S/C10H16N4O/c1-14(2)13-10(15)7-8(11)9-5-3-4-6-12-9/h3-6,8H,7,11H2,1-2H3,(H,13,15). The normalized spacial score (nSPS) is 12.5. The highest BCUT2D eigenvalue weighted by atomic mass is 16.2. The van der Waals surface area contributed by atoms with Gasteiger partial charge >= 0.3 is 0 Å². The maximum Gasteiger partial charge on any atom is 0.236 e. The first kappa shape index (κ1) is 11.6. The number of hydrazine groups is 1. The molecule has 0 radical (unpaired) electrons. The van der Waals surface area contributed by atoms with E-state index in [0.717, 1.165) is 5.69 Å². The Morgan fingerprint density at radius 2 is 2.33 bits per heavy atom. The molecule has 1 amide bonds. The molecule has 82 valence electrons. The summed E-state index contributed by atoms with van der Waals surface area (Å²) in [6, 6.07) is 5.13. The van der Waals surface area contributed by atoms with Gasteiger partial charge in [0.25, 0.3) is 0 Å². The summed E-state index contributed by atoms with van der Waals surface area (Å²) in [4.78, 5) is 15.5. The molecule has 0 aliphatic carbocycles. The van der Waals surface area contributed by atoms with Crippen molar-refractivity contribution < 1.29 is 4.79 Å². The van der Waals surface area contributed by atoms with E-state index in [9.17, 15) is 4.79 Å². The van der Waals surface area contributed by atoms with Crippen molar-refractivity contribution in [2.24, 2.45) is 5.73 Å². The van der Waals surface area contributed by atoms with Gasteiger partial charge in [0, 0.05) is 26.7 Å². The number of amides is 1. The molecule has 0 spiro atoms. The van der Waals surface area contributed by atoms with E-state index in [0.29, 0.717) is 0 Å². The van der Waals surface area contributed by atoms with Crippen LogP contribution in [0.3, 0.4) is 0 Å². The van der Waals surface area contributed by atoms with Crippen LogP contribution in [0.4, 0.5) is 0 Å². The average Bonchev–Trinajstić information content (AvgIpc) is 2.17. The molecular formula is C10H16N4O. The van der Waals surface area contributed by atoms with E-state index >= 15 is 0 Å². The van der Waals surface area contributed by atoms with E-state index in [1.807, 2.05) is 18.2 Å². The minimum Gasteiger partial charge on any atom is -0.322 e. The molecule has 1 atom stereocenters. The SMILES string of the molecule is CN(C)NC(=O)CC(N)c1ccccn1. The lowest BCUT2D eigenvalue weighted by molar-refractivity contribution is -0.125. The molecule has 1 unspecified atom stereocenters. The van der Waals surface area contributed by atoms with Crippen molar-refractivity contribution in [1.29, 1.82) is 0 Å². The molecule has 0 fully saturated rings. The second-order valence-corrected chi connectivity index (χ2v) is 3.49. The molecule has 3 N–H and O–H groups in total. The highest BCUT2D eigenvalue weighted by Crippen LogP contribution is 2.09. The third-order valence-electron chi connectivity index (χ3n) is 1.82. The summed E-state index contributed by atoms with van der Waals surface area (Å²) in [6.07, 6.45) is 1.90. The van der Waals surface area contributed by atoms with Crippen LogP contribution >= 0.6 is 0 Å². The zero-order chi connectivity index (χ0) is 11.3. The third kappa shape index (κ3) is 4.05. The summed E-state index contributed by atoms with van der Waals surface area (Å²) in [7, 11) is 3.51. The van der Waals surface area contributed by atoms with Crippen LogP contribution in [0, 0.1) is 0 Å². The molecule has 0 bridgehead atoms. The Morgan fingerprint density at radius 3 is 2.87 bits per heavy atom. The summed E-state index contributed by atoms with van der Waals surface area (Å²) in [5.74, 6) is -0.113. The summed E-state index contributed by atoms with van der Waals surface area (Å²) in [5.41, 5.74) is 9.19. The van der Waals surface area contributed by atoms with E-state index in [-0.39, 0.29) is 18.4 Å².